The first-order valence-corrected chi connectivity index (χ1v) is 16.2. The lowest BCUT2D eigenvalue weighted by atomic mass is 9.89. The van der Waals surface area contributed by atoms with Crippen LogP contribution in [0.3, 0.4) is 0 Å². The van der Waals surface area contributed by atoms with Gasteiger partial charge in [0.15, 0.2) is 11.7 Å². The molecule has 0 spiro atoms. The van der Waals surface area contributed by atoms with Crippen LogP contribution in [0.5, 0.6) is 0 Å². The van der Waals surface area contributed by atoms with E-state index in [0.717, 1.165) is 34.2 Å². The van der Waals surface area contributed by atoms with Crippen molar-refractivity contribution in [1.29, 1.82) is 0 Å². The third-order valence-electron chi connectivity index (χ3n) is 8.44. The van der Waals surface area contributed by atoms with Crippen LogP contribution in [0.4, 0.5) is 0 Å². The van der Waals surface area contributed by atoms with Gasteiger partial charge in [0, 0.05) is 25.3 Å². The largest absolute Gasteiger partial charge is 0.370 e. The van der Waals surface area contributed by atoms with E-state index in [1.165, 1.54) is 0 Å². The Kier molecular flexibility index (Phi) is 13.0. The zero-order valence-electron chi connectivity index (χ0n) is 27.0. The van der Waals surface area contributed by atoms with Gasteiger partial charge < -0.3 is 33.6 Å². The molecule has 0 fully saturated rings. The van der Waals surface area contributed by atoms with Crippen LogP contribution in [0.1, 0.15) is 47.9 Å². The Bertz CT molecular complexity index is 1620. The average molecular weight is 652 g/mol. The topological polar surface area (TPSA) is 209 Å². The highest BCUT2D eigenvalue weighted by Crippen LogP contribution is 2.30. The molecule has 0 aliphatic heterocycles. The van der Waals surface area contributed by atoms with E-state index in [4.69, 9.17) is 22.9 Å². The molecule has 252 valence electrons. The second kappa shape index (κ2) is 17.6. The minimum atomic E-state index is -0.977. The van der Waals surface area contributed by atoms with E-state index in [1.807, 2.05) is 91.0 Å². The molecule has 48 heavy (non-hydrogen) atoms. The van der Waals surface area contributed by atoms with Crippen LogP contribution in [0.15, 0.2) is 96.0 Å². The van der Waals surface area contributed by atoms with Gasteiger partial charge in [0.25, 0.3) is 0 Å². The van der Waals surface area contributed by atoms with Crippen molar-refractivity contribution >= 4 is 35.0 Å². The number of hydrogen-bond donors (Lipinski definition) is 6. The molecule has 11 nitrogen and oxygen atoms in total. The highest BCUT2D eigenvalue weighted by molar-refractivity contribution is 5.95. The summed E-state index contributed by atoms with van der Waals surface area (Å²) in [5.41, 5.74) is 27.8. The summed E-state index contributed by atoms with van der Waals surface area (Å²) in [5, 5.41) is 5.64. The number of amides is 3. The molecule has 0 unspecified atom stereocenters. The van der Waals surface area contributed by atoms with Gasteiger partial charge in [-0.1, -0.05) is 91.0 Å². The Morgan fingerprint density at radius 2 is 1.33 bits per heavy atom. The number of nitrogens with zero attached hydrogens (tertiary/aromatic N) is 1. The lowest BCUT2D eigenvalue weighted by Gasteiger charge is -2.24. The Morgan fingerprint density at radius 3 is 1.98 bits per heavy atom. The van der Waals surface area contributed by atoms with Gasteiger partial charge in [-0.05, 0) is 59.9 Å². The summed E-state index contributed by atoms with van der Waals surface area (Å²) < 4.78 is 0. The number of benzene rings is 3. The zero-order valence-corrected chi connectivity index (χ0v) is 27.0. The molecule has 4 rings (SSSR count). The molecule has 0 heterocycles. The summed E-state index contributed by atoms with van der Waals surface area (Å²) in [5.74, 6) is -2.90. The zero-order chi connectivity index (χ0) is 34.5. The Balaban J connectivity index is 1.50. The predicted octanol–water partition coefficient (Wildman–Crippen LogP) is 1.91. The van der Waals surface area contributed by atoms with Crippen molar-refractivity contribution in [2.24, 2.45) is 33.8 Å². The van der Waals surface area contributed by atoms with Crippen LogP contribution in [0.2, 0.25) is 0 Å². The molecule has 11 heteroatoms. The van der Waals surface area contributed by atoms with E-state index in [9.17, 15) is 19.2 Å². The fraction of sp³-hybridized carbons (Fsp3) is 0.324. The number of nitrogens with two attached hydrogens (primary N) is 4. The highest BCUT2D eigenvalue weighted by atomic mass is 16.2. The van der Waals surface area contributed by atoms with Crippen molar-refractivity contribution in [2.45, 2.75) is 63.1 Å². The molecule has 0 saturated heterocycles. The Morgan fingerprint density at radius 1 is 0.729 bits per heavy atom. The summed E-state index contributed by atoms with van der Waals surface area (Å²) in [7, 11) is 0. The predicted molar refractivity (Wildman–Crippen MR) is 187 cm³/mol. The molecular weight excluding hydrogens is 606 g/mol. The number of fused-ring (bicyclic) bond motifs is 1. The molecule has 1 aliphatic carbocycles. The number of rotatable bonds is 18. The number of hydrogen-bond acceptors (Lipinski definition) is 6. The normalized spacial score (nSPS) is 14.4. The average Bonchev–Trinajstić information content (AvgIpc) is 3.48. The molecule has 0 bridgehead atoms. The molecule has 3 amide bonds. The SMILES string of the molecule is NC(=O)[C@H](CC1=CCc2ccccc21)NC(=O)[C@@H](CC(=O)[C@@H](CCCN=C(N)N)NC(=O)[C@@H](N)Cc1ccccc1)Cc1ccccc1. The molecule has 0 radical (unpaired) electrons. The van der Waals surface area contributed by atoms with Crippen LogP contribution in [-0.4, -0.2) is 54.1 Å². The second-order valence-electron chi connectivity index (χ2n) is 12.1. The van der Waals surface area contributed by atoms with Gasteiger partial charge in [-0.25, -0.2) is 0 Å². The van der Waals surface area contributed by atoms with Crippen LogP contribution < -0.4 is 33.6 Å². The van der Waals surface area contributed by atoms with Gasteiger partial charge in [-0.2, -0.15) is 0 Å². The number of carbonyl (C=O) groups excluding carboxylic acids is 4. The third-order valence-corrected chi connectivity index (χ3v) is 8.44. The number of carbonyl (C=O) groups is 4. The standard InChI is InChI=1S/C37H45N7O4/c38-30(21-25-12-5-2-6-13-25)36(48)43-31(16-9-19-42-37(40)41)33(45)23-28(20-24-10-3-1-4-11-24)35(47)44-32(34(39)46)22-27-18-17-26-14-7-8-15-29(26)27/h1-8,10-15,18,28,30-32H,9,16-17,19-23,38H2,(H2,39,46)(H,43,48)(H,44,47)(H4,40,41,42)/t28-,30+,31-,32+/m1/s1. The van der Waals surface area contributed by atoms with Crippen LogP contribution in [0, 0.1) is 5.92 Å². The minimum Gasteiger partial charge on any atom is -0.370 e. The summed E-state index contributed by atoms with van der Waals surface area (Å²) >= 11 is 0. The van der Waals surface area contributed by atoms with Crippen molar-refractivity contribution in [2.75, 3.05) is 6.54 Å². The second-order valence-corrected chi connectivity index (χ2v) is 12.1. The fourth-order valence-corrected chi connectivity index (χ4v) is 5.88. The lowest BCUT2D eigenvalue weighted by Crippen LogP contribution is -2.51. The number of nitrogens with one attached hydrogen (secondary N) is 2. The molecule has 3 aromatic carbocycles. The van der Waals surface area contributed by atoms with E-state index in [-0.39, 0.29) is 50.4 Å². The van der Waals surface area contributed by atoms with Gasteiger partial charge in [-0.15, -0.1) is 0 Å². The summed E-state index contributed by atoms with van der Waals surface area (Å²) in [6, 6.07) is 23.7. The summed E-state index contributed by atoms with van der Waals surface area (Å²) in [6.45, 7) is 0.255. The molecule has 10 N–H and O–H groups in total. The van der Waals surface area contributed by atoms with Crippen molar-refractivity contribution in [3.63, 3.8) is 0 Å². The first-order valence-electron chi connectivity index (χ1n) is 16.2. The van der Waals surface area contributed by atoms with Crippen molar-refractivity contribution < 1.29 is 19.2 Å². The maximum Gasteiger partial charge on any atom is 0.240 e. The number of Topliss-reactive ketones (excluding diaryl/α,β-unsaturated/α-hetero) is 1. The monoisotopic (exact) mass is 651 g/mol. The molecule has 0 saturated carbocycles. The summed E-state index contributed by atoms with van der Waals surface area (Å²) in [6.07, 6.45) is 3.96. The number of aliphatic imine (C=N–C) groups is 1. The molecule has 3 aromatic rings. The Labute approximate surface area is 281 Å². The van der Waals surface area contributed by atoms with Crippen molar-refractivity contribution in [3.8, 4) is 0 Å². The van der Waals surface area contributed by atoms with E-state index in [0.29, 0.717) is 6.42 Å². The lowest BCUT2D eigenvalue weighted by molar-refractivity contribution is -0.133. The minimum absolute atomic E-state index is 0.0766. The molecule has 0 aromatic heterocycles. The van der Waals surface area contributed by atoms with E-state index >= 15 is 0 Å². The maximum absolute atomic E-state index is 13.9. The van der Waals surface area contributed by atoms with Gasteiger partial charge in [-0.3, -0.25) is 24.2 Å². The number of guanidine groups is 1. The van der Waals surface area contributed by atoms with Crippen molar-refractivity contribution in [1.82, 2.24) is 10.6 Å². The molecule has 1 aliphatic rings. The summed E-state index contributed by atoms with van der Waals surface area (Å²) in [4.78, 5) is 57.5. The van der Waals surface area contributed by atoms with Crippen LogP contribution >= 0.6 is 0 Å². The smallest absolute Gasteiger partial charge is 0.240 e. The third kappa shape index (κ3) is 10.6. The maximum atomic E-state index is 13.9. The van der Waals surface area contributed by atoms with Gasteiger partial charge >= 0.3 is 0 Å². The van der Waals surface area contributed by atoms with Gasteiger partial charge in [0.2, 0.25) is 17.7 Å². The number of primary amides is 1. The molecule has 4 atom stereocenters. The fourth-order valence-electron chi connectivity index (χ4n) is 5.88. The van der Waals surface area contributed by atoms with Crippen LogP contribution in [0.25, 0.3) is 5.57 Å². The van der Waals surface area contributed by atoms with Gasteiger partial charge in [0.1, 0.15) is 6.04 Å². The van der Waals surface area contributed by atoms with E-state index in [2.05, 4.69) is 15.6 Å². The highest BCUT2D eigenvalue weighted by Gasteiger charge is 2.31. The van der Waals surface area contributed by atoms with E-state index < -0.39 is 41.8 Å². The van der Waals surface area contributed by atoms with Crippen LogP contribution in [-0.2, 0) is 38.4 Å². The number of ketones is 1. The first kappa shape index (κ1) is 35.6. The molecular formula is C37H45N7O4. The quantitative estimate of drug-likeness (QED) is 0.0683. The van der Waals surface area contributed by atoms with Gasteiger partial charge in [0.05, 0.1) is 12.1 Å². The first-order chi connectivity index (χ1) is 23.1. The van der Waals surface area contributed by atoms with E-state index in [1.54, 1.807) is 0 Å². The Hall–Kier alpha value is -5.29. The number of allylic oxidation sites excluding steroid dienone is 1. The van der Waals surface area contributed by atoms with Crippen molar-refractivity contribution in [3.05, 3.63) is 113 Å².